The molecule has 2 fully saturated rings. The Morgan fingerprint density at radius 2 is 1.76 bits per heavy atom. The second-order valence-electron chi connectivity index (χ2n) is 7.18. The van der Waals surface area contributed by atoms with E-state index < -0.39 is 0 Å². The zero-order valence-corrected chi connectivity index (χ0v) is 14.0. The molecule has 3 rings (SSSR count). The van der Waals surface area contributed by atoms with Gasteiger partial charge in [-0.3, -0.25) is 0 Å². The van der Waals surface area contributed by atoms with E-state index in [4.69, 9.17) is 11.6 Å². The van der Waals surface area contributed by atoms with Gasteiger partial charge in [0.05, 0.1) is 6.04 Å². The Kier molecular flexibility index (Phi) is 5.20. The summed E-state index contributed by atoms with van der Waals surface area (Å²) in [4.78, 5) is 3.63. The van der Waals surface area contributed by atoms with Crippen LogP contribution in [0.2, 0.25) is 5.02 Å². The first kappa shape index (κ1) is 15.3. The van der Waals surface area contributed by atoms with Crippen molar-refractivity contribution < 1.29 is 9.80 Å². The van der Waals surface area contributed by atoms with Crippen molar-refractivity contribution in [2.45, 2.75) is 45.2 Å². The Labute approximate surface area is 134 Å². The summed E-state index contributed by atoms with van der Waals surface area (Å²) in [6, 6.07) is 9.34. The first-order valence-electron chi connectivity index (χ1n) is 8.63. The summed E-state index contributed by atoms with van der Waals surface area (Å²) < 4.78 is 0. The van der Waals surface area contributed by atoms with Crippen LogP contribution in [0, 0.1) is 5.92 Å². The number of quaternary nitrogens is 2. The SMILES string of the molecule is CC1CCCC([NH+]2CC[NH+](Cc3ccc(Cl)cc3)CC2)C1. The number of benzene rings is 1. The van der Waals surface area contributed by atoms with Crippen molar-refractivity contribution in [2.24, 2.45) is 5.92 Å². The maximum absolute atomic E-state index is 5.96. The molecule has 0 bridgehead atoms. The van der Waals surface area contributed by atoms with Crippen LogP contribution in [0.25, 0.3) is 0 Å². The smallest absolute Gasteiger partial charge is 0.127 e. The normalized spacial score (nSPS) is 33.8. The molecule has 2 aliphatic rings. The largest absolute Gasteiger partial charge is 0.323 e. The van der Waals surface area contributed by atoms with Crippen molar-refractivity contribution in [3.05, 3.63) is 34.9 Å². The first-order valence-corrected chi connectivity index (χ1v) is 9.01. The Hall–Kier alpha value is -0.570. The van der Waals surface area contributed by atoms with Gasteiger partial charge >= 0.3 is 0 Å². The fourth-order valence-corrected chi connectivity index (χ4v) is 4.33. The van der Waals surface area contributed by atoms with E-state index in [1.54, 1.807) is 4.90 Å². The molecule has 2 nitrogen and oxygen atoms in total. The van der Waals surface area contributed by atoms with Crippen molar-refractivity contribution in [2.75, 3.05) is 26.2 Å². The van der Waals surface area contributed by atoms with Crippen molar-refractivity contribution in [3.8, 4) is 0 Å². The number of hydrogen-bond donors (Lipinski definition) is 2. The molecular formula is C18H29ClN2+2. The molecule has 1 heterocycles. The highest BCUT2D eigenvalue weighted by Crippen LogP contribution is 2.21. The minimum atomic E-state index is 0.842. The summed E-state index contributed by atoms with van der Waals surface area (Å²) in [6.45, 7) is 8.96. The van der Waals surface area contributed by atoms with Crippen LogP contribution < -0.4 is 9.80 Å². The summed E-state index contributed by atoms with van der Waals surface area (Å²) >= 11 is 5.96. The van der Waals surface area contributed by atoms with Crippen molar-refractivity contribution >= 4 is 11.6 Å². The molecule has 21 heavy (non-hydrogen) atoms. The molecule has 2 N–H and O–H groups in total. The minimum absolute atomic E-state index is 0.842. The predicted octanol–water partition coefficient (Wildman–Crippen LogP) is 1.20. The van der Waals surface area contributed by atoms with Crippen molar-refractivity contribution in [3.63, 3.8) is 0 Å². The van der Waals surface area contributed by atoms with Crippen LogP contribution in [0.15, 0.2) is 24.3 Å². The molecule has 1 aliphatic heterocycles. The third-order valence-corrected chi connectivity index (χ3v) is 5.73. The molecule has 0 amide bonds. The van der Waals surface area contributed by atoms with Gasteiger partial charge in [0.15, 0.2) is 0 Å². The summed E-state index contributed by atoms with van der Waals surface area (Å²) in [5.41, 5.74) is 1.42. The maximum Gasteiger partial charge on any atom is 0.127 e. The first-order chi connectivity index (χ1) is 10.2. The lowest BCUT2D eigenvalue weighted by molar-refractivity contribution is -1.03. The predicted molar refractivity (Wildman–Crippen MR) is 88.0 cm³/mol. The molecule has 1 aliphatic carbocycles. The van der Waals surface area contributed by atoms with Gasteiger partial charge in [-0.1, -0.05) is 37.1 Å². The van der Waals surface area contributed by atoms with Crippen molar-refractivity contribution in [1.82, 2.24) is 0 Å². The van der Waals surface area contributed by atoms with Gasteiger partial charge in [-0.15, -0.1) is 0 Å². The zero-order valence-electron chi connectivity index (χ0n) is 13.2. The number of hydrogen-bond acceptors (Lipinski definition) is 0. The Morgan fingerprint density at radius 3 is 2.43 bits per heavy atom. The molecule has 0 spiro atoms. The molecule has 0 radical (unpaired) electrons. The van der Waals surface area contributed by atoms with Gasteiger partial charge in [0.25, 0.3) is 0 Å². The van der Waals surface area contributed by atoms with Crippen LogP contribution in [0.4, 0.5) is 0 Å². The van der Waals surface area contributed by atoms with Crippen LogP contribution in [0.3, 0.4) is 0 Å². The molecule has 116 valence electrons. The zero-order chi connectivity index (χ0) is 14.7. The Balaban J connectivity index is 1.47. The summed E-state index contributed by atoms with van der Waals surface area (Å²) in [6.07, 6.45) is 5.84. The molecule has 1 aromatic rings. The highest BCUT2D eigenvalue weighted by molar-refractivity contribution is 6.30. The molecule has 0 aromatic heterocycles. The summed E-state index contributed by atoms with van der Waals surface area (Å²) in [5, 5.41) is 0.842. The molecule has 2 atom stereocenters. The Bertz CT molecular complexity index is 437. The number of nitrogens with one attached hydrogen (secondary N) is 2. The topological polar surface area (TPSA) is 8.88 Å². The van der Waals surface area contributed by atoms with E-state index in [0.29, 0.717) is 0 Å². The summed E-state index contributed by atoms with van der Waals surface area (Å²) in [5.74, 6) is 0.954. The molecule has 1 saturated heterocycles. The van der Waals surface area contributed by atoms with E-state index in [2.05, 4.69) is 19.1 Å². The average Bonchev–Trinajstić information content (AvgIpc) is 2.50. The van der Waals surface area contributed by atoms with E-state index in [9.17, 15) is 0 Å². The molecular weight excluding hydrogens is 280 g/mol. The number of halogens is 1. The van der Waals surface area contributed by atoms with E-state index >= 15 is 0 Å². The maximum atomic E-state index is 5.96. The van der Waals surface area contributed by atoms with E-state index in [1.165, 1.54) is 57.4 Å². The average molecular weight is 309 g/mol. The second-order valence-corrected chi connectivity index (χ2v) is 7.62. The van der Waals surface area contributed by atoms with Crippen LogP contribution in [0.5, 0.6) is 0 Å². The number of piperazine rings is 1. The van der Waals surface area contributed by atoms with Gasteiger partial charge in [-0.2, -0.15) is 0 Å². The number of rotatable bonds is 3. The van der Waals surface area contributed by atoms with Gasteiger partial charge in [0.2, 0.25) is 0 Å². The highest BCUT2D eigenvalue weighted by Gasteiger charge is 2.32. The van der Waals surface area contributed by atoms with E-state index in [-0.39, 0.29) is 0 Å². The van der Waals surface area contributed by atoms with Gasteiger partial charge in [0.1, 0.15) is 32.7 Å². The monoisotopic (exact) mass is 308 g/mol. The summed E-state index contributed by atoms with van der Waals surface area (Å²) in [7, 11) is 0. The van der Waals surface area contributed by atoms with Crippen LogP contribution in [-0.2, 0) is 6.54 Å². The van der Waals surface area contributed by atoms with Gasteiger partial charge < -0.3 is 9.80 Å². The van der Waals surface area contributed by atoms with E-state index in [0.717, 1.165) is 23.5 Å². The lowest BCUT2D eigenvalue weighted by Crippen LogP contribution is -3.29. The molecule has 1 saturated carbocycles. The molecule has 1 aromatic carbocycles. The lowest BCUT2D eigenvalue weighted by Gasteiger charge is -2.37. The fourth-order valence-electron chi connectivity index (χ4n) is 4.21. The minimum Gasteiger partial charge on any atom is -0.323 e. The van der Waals surface area contributed by atoms with Gasteiger partial charge in [0, 0.05) is 17.0 Å². The quantitative estimate of drug-likeness (QED) is 0.830. The van der Waals surface area contributed by atoms with Crippen LogP contribution >= 0.6 is 11.6 Å². The van der Waals surface area contributed by atoms with Gasteiger partial charge in [-0.05, 0) is 30.9 Å². The van der Waals surface area contributed by atoms with E-state index in [1.807, 2.05) is 17.0 Å². The van der Waals surface area contributed by atoms with Gasteiger partial charge in [-0.25, -0.2) is 0 Å². The highest BCUT2D eigenvalue weighted by atomic mass is 35.5. The van der Waals surface area contributed by atoms with Crippen molar-refractivity contribution in [1.29, 1.82) is 0 Å². The lowest BCUT2D eigenvalue weighted by atomic mass is 9.86. The fraction of sp³-hybridized carbons (Fsp3) is 0.667. The third kappa shape index (κ3) is 4.21. The third-order valence-electron chi connectivity index (χ3n) is 5.48. The van der Waals surface area contributed by atoms with Crippen LogP contribution in [0.1, 0.15) is 38.2 Å². The Morgan fingerprint density at radius 1 is 1.05 bits per heavy atom. The molecule has 2 unspecified atom stereocenters. The molecule has 3 heteroatoms. The second kappa shape index (κ2) is 7.13. The standard InChI is InChI=1S/C18H27ClN2/c1-15-3-2-4-18(13-15)21-11-9-20(10-12-21)14-16-5-7-17(19)8-6-16/h5-8,15,18H,2-4,9-14H2,1H3/p+2. The van der Waals surface area contributed by atoms with Crippen LogP contribution in [-0.4, -0.2) is 32.2 Å².